The van der Waals surface area contributed by atoms with Gasteiger partial charge in [0.25, 0.3) is 5.91 Å². The maximum absolute atomic E-state index is 13.1. The molecule has 30 heavy (non-hydrogen) atoms. The number of carbonyl (C=O) groups excluding carboxylic acids is 1. The fourth-order valence-electron chi connectivity index (χ4n) is 4.10. The molecule has 1 aliphatic heterocycles. The van der Waals surface area contributed by atoms with Gasteiger partial charge in [0.15, 0.2) is 9.84 Å². The average molecular weight is 423 g/mol. The van der Waals surface area contributed by atoms with Crippen LogP contribution in [0.5, 0.6) is 0 Å². The zero-order valence-electron chi connectivity index (χ0n) is 17.3. The van der Waals surface area contributed by atoms with Gasteiger partial charge in [-0.15, -0.1) is 0 Å². The van der Waals surface area contributed by atoms with E-state index in [1.807, 2.05) is 31.1 Å². The van der Waals surface area contributed by atoms with E-state index in [0.29, 0.717) is 16.0 Å². The predicted octanol–water partition coefficient (Wildman–Crippen LogP) is 4.28. The van der Waals surface area contributed by atoms with Gasteiger partial charge in [0, 0.05) is 31.0 Å². The highest BCUT2D eigenvalue weighted by molar-refractivity contribution is 7.90. The van der Waals surface area contributed by atoms with Gasteiger partial charge in [-0.1, -0.05) is 29.8 Å². The van der Waals surface area contributed by atoms with E-state index >= 15 is 0 Å². The van der Waals surface area contributed by atoms with Crippen molar-refractivity contribution in [3.8, 4) is 0 Å². The Bertz CT molecular complexity index is 1150. The molecule has 0 radical (unpaired) electrons. The summed E-state index contributed by atoms with van der Waals surface area (Å²) >= 11 is 0. The number of hydrogen-bond donors (Lipinski definition) is 0. The summed E-state index contributed by atoms with van der Waals surface area (Å²) in [4.78, 5) is 15.4. The van der Waals surface area contributed by atoms with Crippen molar-refractivity contribution in [3.63, 3.8) is 0 Å². The first-order valence-electron chi connectivity index (χ1n) is 10.2. The molecule has 2 aromatic carbocycles. The van der Waals surface area contributed by atoms with Gasteiger partial charge < -0.3 is 9.47 Å². The topological polar surface area (TPSA) is 59.4 Å². The summed E-state index contributed by atoms with van der Waals surface area (Å²) in [6.07, 6.45) is 3.94. The normalized spacial score (nSPS) is 16.7. The van der Waals surface area contributed by atoms with Crippen LogP contribution in [0.15, 0.2) is 71.8 Å². The molecule has 1 aliphatic rings. The molecule has 0 spiro atoms. The number of benzene rings is 2. The fourth-order valence-corrected chi connectivity index (χ4v) is 5.44. The van der Waals surface area contributed by atoms with Crippen molar-refractivity contribution in [2.75, 3.05) is 6.54 Å². The van der Waals surface area contributed by atoms with E-state index in [1.54, 1.807) is 48.5 Å². The minimum atomic E-state index is -3.42. The molecule has 1 unspecified atom stereocenters. The number of nitrogens with zero attached hydrogens (tertiary/aromatic N) is 2. The Balaban J connectivity index is 1.50. The quantitative estimate of drug-likeness (QED) is 0.616. The number of carbonyl (C=O) groups is 1. The first kappa shape index (κ1) is 20.4. The van der Waals surface area contributed by atoms with Crippen molar-refractivity contribution in [1.29, 1.82) is 0 Å². The van der Waals surface area contributed by atoms with Gasteiger partial charge in [-0.05, 0) is 61.7 Å². The van der Waals surface area contributed by atoms with E-state index in [0.717, 1.165) is 30.6 Å². The second-order valence-corrected chi connectivity index (χ2v) is 9.96. The Morgan fingerprint density at radius 2 is 1.73 bits per heavy atom. The van der Waals surface area contributed by atoms with Gasteiger partial charge in [0.05, 0.1) is 16.7 Å². The molecule has 1 amide bonds. The van der Waals surface area contributed by atoms with Gasteiger partial charge >= 0.3 is 0 Å². The Morgan fingerprint density at radius 3 is 2.37 bits per heavy atom. The van der Waals surface area contributed by atoms with Gasteiger partial charge in [0.1, 0.15) is 0 Å². The highest BCUT2D eigenvalue weighted by atomic mass is 32.2. The SMILES string of the molecule is Cc1ccc(S(=O)(=O)Cc2ccc(C(=O)N3CCCC3c3cccn3C)cc2)cc1. The highest BCUT2D eigenvalue weighted by Gasteiger charge is 2.31. The Kier molecular flexibility index (Phi) is 5.52. The number of hydrogen-bond acceptors (Lipinski definition) is 3. The fraction of sp³-hybridized carbons (Fsp3) is 0.292. The summed E-state index contributed by atoms with van der Waals surface area (Å²) in [7, 11) is -1.42. The number of rotatable bonds is 5. The van der Waals surface area contributed by atoms with Crippen LogP contribution in [0.4, 0.5) is 0 Å². The third-order valence-electron chi connectivity index (χ3n) is 5.78. The number of likely N-dealkylation sites (tertiary alicyclic amines) is 1. The first-order valence-corrected chi connectivity index (χ1v) is 11.8. The van der Waals surface area contributed by atoms with Crippen LogP contribution in [0.1, 0.15) is 46.1 Å². The molecule has 1 aromatic heterocycles. The van der Waals surface area contributed by atoms with Crippen LogP contribution in [0.25, 0.3) is 0 Å². The largest absolute Gasteiger partial charge is 0.353 e. The molecule has 0 bridgehead atoms. The molecule has 4 rings (SSSR count). The van der Waals surface area contributed by atoms with Gasteiger partial charge in [-0.25, -0.2) is 8.42 Å². The van der Waals surface area contributed by atoms with E-state index in [4.69, 9.17) is 0 Å². The van der Waals surface area contributed by atoms with Crippen molar-refractivity contribution in [2.45, 2.75) is 36.5 Å². The van der Waals surface area contributed by atoms with E-state index in [2.05, 4.69) is 10.6 Å². The molecule has 156 valence electrons. The lowest BCUT2D eigenvalue weighted by Crippen LogP contribution is -2.31. The van der Waals surface area contributed by atoms with Crippen LogP contribution >= 0.6 is 0 Å². The predicted molar refractivity (Wildman–Crippen MR) is 117 cm³/mol. The van der Waals surface area contributed by atoms with Crippen molar-refractivity contribution >= 4 is 15.7 Å². The van der Waals surface area contributed by atoms with Crippen molar-refractivity contribution in [2.24, 2.45) is 7.05 Å². The van der Waals surface area contributed by atoms with Crippen LogP contribution in [-0.2, 0) is 22.6 Å². The second-order valence-electron chi connectivity index (χ2n) is 7.97. The van der Waals surface area contributed by atoms with Crippen LogP contribution in [0.3, 0.4) is 0 Å². The van der Waals surface area contributed by atoms with Crippen molar-refractivity contribution in [3.05, 3.63) is 89.2 Å². The molecule has 3 aromatic rings. The smallest absolute Gasteiger partial charge is 0.254 e. The van der Waals surface area contributed by atoms with Crippen LogP contribution in [0.2, 0.25) is 0 Å². The Labute approximate surface area is 177 Å². The minimum Gasteiger partial charge on any atom is -0.353 e. The number of aromatic nitrogens is 1. The van der Waals surface area contributed by atoms with Crippen LogP contribution in [0, 0.1) is 6.92 Å². The minimum absolute atomic E-state index is 0.00774. The monoisotopic (exact) mass is 422 g/mol. The molecule has 2 heterocycles. The molecule has 0 N–H and O–H groups in total. The summed E-state index contributed by atoms with van der Waals surface area (Å²) in [5.74, 6) is -0.0909. The number of sulfone groups is 1. The number of aryl methyl sites for hydroxylation is 2. The molecule has 6 heteroatoms. The summed E-state index contributed by atoms with van der Waals surface area (Å²) in [6, 6.07) is 18.0. The highest BCUT2D eigenvalue weighted by Crippen LogP contribution is 2.33. The molecule has 0 aliphatic carbocycles. The summed E-state index contributed by atoms with van der Waals surface area (Å²) in [6.45, 7) is 2.66. The van der Waals surface area contributed by atoms with Gasteiger partial charge in [-0.2, -0.15) is 0 Å². The lowest BCUT2D eigenvalue weighted by atomic mass is 10.1. The lowest BCUT2D eigenvalue weighted by Gasteiger charge is -2.25. The molecule has 0 saturated carbocycles. The van der Waals surface area contributed by atoms with Gasteiger partial charge in [-0.3, -0.25) is 4.79 Å². The maximum atomic E-state index is 13.1. The summed E-state index contributed by atoms with van der Waals surface area (Å²) in [5, 5.41) is 0. The van der Waals surface area contributed by atoms with Gasteiger partial charge in [0.2, 0.25) is 0 Å². The number of amides is 1. The maximum Gasteiger partial charge on any atom is 0.254 e. The van der Waals surface area contributed by atoms with E-state index in [1.165, 1.54) is 0 Å². The third-order valence-corrected chi connectivity index (χ3v) is 7.48. The second kappa shape index (κ2) is 8.11. The van der Waals surface area contributed by atoms with Crippen LogP contribution < -0.4 is 0 Å². The molecule has 1 fully saturated rings. The van der Waals surface area contributed by atoms with Crippen molar-refractivity contribution in [1.82, 2.24) is 9.47 Å². The molecule has 1 saturated heterocycles. The molecular weight excluding hydrogens is 396 g/mol. The van der Waals surface area contributed by atoms with E-state index in [9.17, 15) is 13.2 Å². The standard InChI is InChI=1S/C24H26N2O3S/c1-18-7-13-21(14-8-18)30(28,29)17-19-9-11-20(12-10-19)24(27)26-16-4-6-23(26)22-5-3-15-25(22)2/h3,5,7-15,23H,4,6,16-17H2,1-2H3. The molecule has 5 nitrogen and oxygen atoms in total. The van der Waals surface area contributed by atoms with Crippen LogP contribution in [-0.4, -0.2) is 30.3 Å². The van der Waals surface area contributed by atoms with E-state index < -0.39 is 9.84 Å². The zero-order valence-corrected chi connectivity index (χ0v) is 18.1. The zero-order chi connectivity index (χ0) is 21.3. The lowest BCUT2D eigenvalue weighted by molar-refractivity contribution is 0.0731. The molecular formula is C24H26N2O3S. The Hall–Kier alpha value is -2.86. The van der Waals surface area contributed by atoms with E-state index in [-0.39, 0.29) is 17.7 Å². The molecule has 1 atom stereocenters. The summed E-state index contributed by atoms with van der Waals surface area (Å²) in [5.41, 5.74) is 3.43. The van der Waals surface area contributed by atoms with Crippen molar-refractivity contribution < 1.29 is 13.2 Å². The summed E-state index contributed by atoms with van der Waals surface area (Å²) < 4.78 is 27.4. The Morgan fingerprint density at radius 1 is 1.03 bits per heavy atom. The third kappa shape index (κ3) is 4.05. The average Bonchev–Trinajstić information content (AvgIpc) is 3.36. The first-order chi connectivity index (χ1) is 14.3.